The molecule has 0 saturated carbocycles. The van der Waals surface area contributed by atoms with Crippen LogP contribution in [0.4, 0.5) is 5.82 Å². The molecule has 52 heavy (non-hydrogen) atoms. The number of oxazole rings is 1. The normalized spacial score (nSPS) is 19.6. The summed E-state index contributed by atoms with van der Waals surface area (Å²) in [6.07, 6.45) is 6.12. The van der Waals surface area contributed by atoms with Crippen molar-refractivity contribution in [3.63, 3.8) is 0 Å². The fourth-order valence-corrected chi connectivity index (χ4v) is 7.84. The predicted octanol–water partition coefficient (Wildman–Crippen LogP) is 5.43. The number of pyridine rings is 1. The van der Waals surface area contributed by atoms with Gasteiger partial charge in [0.2, 0.25) is 11.8 Å². The van der Waals surface area contributed by atoms with Gasteiger partial charge >= 0.3 is 0 Å². The first kappa shape index (κ1) is 32.2. The van der Waals surface area contributed by atoms with Gasteiger partial charge < -0.3 is 9.32 Å². The molecule has 1 spiro atoms. The third kappa shape index (κ3) is 5.65. The molecule has 2 amide bonds. The lowest BCUT2D eigenvalue weighted by Gasteiger charge is -2.29. The van der Waals surface area contributed by atoms with E-state index in [-0.39, 0.29) is 17.7 Å². The second-order valence-electron chi connectivity index (χ2n) is 14.6. The van der Waals surface area contributed by atoms with Crippen LogP contribution in [0.15, 0.2) is 71.4 Å². The van der Waals surface area contributed by atoms with Gasteiger partial charge in [0.05, 0.1) is 17.5 Å². The Morgan fingerprint density at radius 3 is 2.56 bits per heavy atom. The van der Waals surface area contributed by atoms with Gasteiger partial charge in [-0.15, -0.1) is 0 Å². The van der Waals surface area contributed by atoms with Crippen LogP contribution in [0.1, 0.15) is 50.5 Å². The molecule has 0 bridgehead atoms. The molecule has 4 aromatic heterocycles. The number of likely N-dealkylation sites (tertiary alicyclic amines) is 1. The molecule has 0 aliphatic carbocycles. The van der Waals surface area contributed by atoms with E-state index in [0.29, 0.717) is 61.5 Å². The second-order valence-corrected chi connectivity index (χ2v) is 14.6. The Hall–Kier alpha value is -5.69. The van der Waals surface area contributed by atoms with Gasteiger partial charge in [-0.05, 0) is 67.3 Å². The van der Waals surface area contributed by atoms with E-state index >= 15 is 0 Å². The van der Waals surface area contributed by atoms with Gasteiger partial charge in [0.25, 0.3) is 0 Å². The monoisotopic (exact) mass is 696 g/mol. The highest BCUT2D eigenvalue weighted by atomic mass is 16.3. The van der Waals surface area contributed by atoms with Crippen molar-refractivity contribution in [3.05, 3.63) is 78.5 Å². The Labute approximate surface area is 300 Å². The fourth-order valence-electron chi connectivity index (χ4n) is 7.84. The Balaban J connectivity index is 0.843. The van der Waals surface area contributed by atoms with Gasteiger partial charge in [0.1, 0.15) is 28.9 Å². The van der Waals surface area contributed by atoms with Crippen LogP contribution >= 0.6 is 0 Å². The number of nitrogens with zero attached hydrogens (tertiary/aromatic N) is 9. The van der Waals surface area contributed by atoms with E-state index in [9.17, 15) is 9.59 Å². The molecule has 2 aromatic carbocycles. The summed E-state index contributed by atoms with van der Waals surface area (Å²) in [5.41, 5.74) is 7.46. The number of rotatable bonds is 7. The number of carbonyl (C=O) groups is 2. The first-order chi connectivity index (χ1) is 25.2. The van der Waals surface area contributed by atoms with Crippen molar-refractivity contribution in [2.75, 3.05) is 44.2 Å². The number of aromatic amines is 1. The number of amides is 2. The minimum absolute atomic E-state index is 0.0833. The summed E-state index contributed by atoms with van der Waals surface area (Å²) < 4.78 is 7.59. The molecule has 2 fully saturated rings. The minimum atomic E-state index is -0.506. The standard InChI is InChI=1S/C39H40N10O3/c1-24(2)37-41-30-20-28(8-10-31(30)52-37)34-35-29(43-44-34)9-11-32(42-35)49-19-15-39(38(49)51)14-18-47(22-39)21-33(50)48-16-12-26(13-17-48)25-4-6-27(7-5-25)36-40-23-46(3)45-36/h4-12,20,23-24H,13-19,21-22H2,1-3H3,(H,43,44)/t39-/m0/s1. The third-order valence-corrected chi connectivity index (χ3v) is 10.8. The number of hydrogen-bond donors (Lipinski definition) is 1. The maximum Gasteiger partial charge on any atom is 0.237 e. The average molecular weight is 697 g/mol. The highest BCUT2D eigenvalue weighted by Gasteiger charge is 2.51. The smallest absolute Gasteiger partial charge is 0.237 e. The van der Waals surface area contributed by atoms with Gasteiger partial charge in [0.15, 0.2) is 17.3 Å². The van der Waals surface area contributed by atoms with Crippen LogP contribution in [0.5, 0.6) is 0 Å². The number of nitrogens with one attached hydrogen (secondary N) is 1. The van der Waals surface area contributed by atoms with Crippen LogP contribution in [-0.4, -0.2) is 95.8 Å². The van der Waals surface area contributed by atoms with Gasteiger partial charge in [-0.3, -0.25) is 29.2 Å². The zero-order valence-electron chi connectivity index (χ0n) is 29.5. The second kappa shape index (κ2) is 12.5. The molecule has 9 rings (SSSR count). The molecular weight excluding hydrogens is 656 g/mol. The van der Waals surface area contributed by atoms with Crippen LogP contribution in [0.25, 0.3) is 50.4 Å². The summed E-state index contributed by atoms with van der Waals surface area (Å²) in [7, 11) is 1.86. The van der Waals surface area contributed by atoms with Crippen molar-refractivity contribution in [1.29, 1.82) is 0 Å². The van der Waals surface area contributed by atoms with Crippen molar-refractivity contribution in [2.24, 2.45) is 12.5 Å². The molecule has 7 heterocycles. The molecule has 1 N–H and O–H groups in total. The maximum absolute atomic E-state index is 14.1. The number of aromatic nitrogens is 7. The lowest BCUT2D eigenvalue weighted by molar-refractivity contribution is -0.132. The lowest BCUT2D eigenvalue weighted by atomic mass is 9.85. The van der Waals surface area contributed by atoms with Gasteiger partial charge in [-0.25, -0.2) is 15.0 Å². The molecule has 2 saturated heterocycles. The van der Waals surface area contributed by atoms with Crippen LogP contribution in [0.3, 0.4) is 0 Å². The van der Waals surface area contributed by atoms with Crippen LogP contribution < -0.4 is 4.90 Å². The molecule has 264 valence electrons. The van der Waals surface area contributed by atoms with Crippen molar-refractivity contribution < 1.29 is 14.0 Å². The van der Waals surface area contributed by atoms with E-state index in [2.05, 4.69) is 62.2 Å². The van der Waals surface area contributed by atoms with E-state index in [1.54, 1.807) is 11.0 Å². The number of fused-ring (bicyclic) bond motifs is 2. The van der Waals surface area contributed by atoms with E-state index < -0.39 is 5.41 Å². The van der Waals surface area contributed by atoms with Gasteiger partial charge in [-0.1, -0.05) is 44.2 Å². The number of carbonyl (C=O) groups excluding carboxylic acids is 2. The molecule has 3 aliphatic rings. The Bertz CT molecular complexity index is 2370. The third-order valence-electron chi connectivity index (χ3n) is 10.8. The zero-order chi connectivity index (χ0) is 35.6. The predicted molar refractivity (Wildman–Crippen MR) is 197 cm³/mol. The van der Waals surface area contributed by atoms with E-state index in [4.69, 9.17) is 9.40 Å². The van der Waals surface area contributed by atoms with Crippen LogP contribution in [0.2, 0.25) is 0 Å². The molecule has 0 radical (unpaired) electrons. The topological polar surface area (TPSA) is 142 Å². The average Bonchev–Trinajstić information content (AvgIpc) is 4.00. The van der Waals surface area contributed by atoms with Crippen molar-refractivity contribution in [1.82, 2.24) is 44.7 Å². The van der Waals surface area contributed by atoms with Crippen molar-refractivity contribution in [2.45, 2.75) is 39.0 Å². The van der Waals surface area contributed by atoms with Gasteiger partial charge in [-0.2, -0.15) is 10.2 Å². The molecule has 6 aromatic rings. The van der Waals surface area contributed by atoms with E-state index in [0.717, 1.165) is 59.1 Å². The Kier molecular flexibility index (Phi) is 7.76. The van der Waals surface area contributed by atoms with E-state index in [1.807, 2.05) is 59.3 Å². The van der Waals surface area contributed by atoms with Gasteiger partial charge in [0, 0.05) is 50.3 Å². The SMILES string of the molecule is CC(C)c1nc2cc(-c3n[nH]c4ccc(N5CC[C@]6(CCN(CC(=O)N7CC=C(c8ccc(-c9ncn(C)n9)cc8)CC7)C6)C5=O)nc34)ccc2o1. The molecule has 0 unspecified atom stereocenters. The fraction of sp³-hybridized carbons (Fsp3) is 0.359. The summed E-state index contributed by atoms with van der Waals surface area (Å²) in [5, 5.41) is 12.1. The van der Waals surface area contributed by atoms with E-state index in [1.165, 1.54) is 5.57 Å². The first-order valence-corrected chi connectivity index (χ1v) is 18.0. The Morgan fingerprint density at radius 2 is 1.79 bits per heavy atom. The summed E-state index contributed by atoms with van der Waals surface area (Å²) in [5.74, 6) is 2.41. The highest BCUT2D eigenvalue weighted by molar-refractivity contribution is 6.01. The molecule has 1 atom stereocenters. The summed E-state index contributed by atoms with van der Waals surface area (Å²) in [6.45, 7) is 7.58. The largest absolute Gasteiger partial charge is 0.440 e. The number of H-pyrrole nitrogens is 1. The number of hydrogen-bond acceptors (Lipinski definition) is 9. The van der Waals surface area contributed by atoms with Crippen molar-refractivity contribution >= 4 is 45.3 Å². The quantitative estimate of drug-likeness (QED) is 0.231. The number of benzene rings is 2. The minimum Gasteiger partial charge on any atom is -0.440 e. The highest BCUT2D eigenvalue weighted by Crippen LogP contribution is 2.42. The molecule has 13 nitrogen and oxygen atoms in total. The summed E-state index contributed by atoms with van der Waals surface area (Å²) in [4.78, 5) is 47.4. The first-order valence-electron chi connectivity index (χ1n) is 18.0. The number of aryl methyl sites for hydroxylation is 1. The number of anilines is 1. The van der Waals surface area contributed by atoms with Crippen LogP contribution in [0, 0.1) is 5.41 Å². The zero-order valence-corrected chi connectivity index (χ0v) is 29.5. The summed E-state index contributed by atoms with van der Waals surface area (Å²) in [6, 6.07) is 18.0. The Morgan fingerprint density at radius 1 is 0.981 bits per heavy atom. The van der Waals surface area contributed by atoms with Crippen molar-refractivity contribution in [3.8, 4) is 22.6 Å². The molecular formula is C39H40N10O3. The van der Waals surface area contributed by atoms with Crippen LogP contribution in [-0.2, 0) is 16.6 Å². The lowest BCUT2D eigenvalue weighted by Crippen LogP contribution is -2.43. The summed E-state index contributed by atoms with van der Waals surface area (Å²) >= 11 is 0. The molecule has 13 heteroatoms. The molecule has 3 aliphatic heterocycles. The maximum atomic E-state index is 14.1.